The van der Waals surface area contributed by atoms with Crippen LogP contribution in [0.1, 0.15) is 27.2 Å². The van der Waals surface area contributed by atoms with Gasteiger partial charge in [0.15, 0.2) is 5.82 Å². The second-order valence-electron chi connectivity index (χ2n) is 4.29. The largest absolute Gasteiger partial charge is 0.419 e. The Morgan fingerprint density at radius 2 is 2.00 bits per heavy atom. The molecule has 2 aromatic rings. The summed E-state index contributed by atoms with van der Waals surface area (Å²) in [5.74, 6) is -0.434. The molecule has 106 valence electrons. The van der Waals surface area contributed by atoms with E-state index >= 15 is 0 Å². The molecule has 2 rings (SSSR count). The van der Waals surface area contributed by atoms with Crippen LogP contribution in [0, 0.1) is 13.8 Å². The molecule has 0 unspecified atom stereocenters. The van der Waals surface area contributed by atoms with Crippen LogP contribution in [0.5, 0.6) is 0 Å². The van der Waals surface area contributed by atoms with E-state index in [4.69, 9.17) is 5.73 Å². The van der Waals surface area contributed by atoms with Gasteiger partial charge in [0.1, 0.15) is 0 Å². The van der Waals surface area contributed by atoms with Crippen molar-refractivity contribution in [1.82, 2.24) is 14.8 Å². The lowest BCUT2D eigenvalue weighted by Gasteiger charge is -2.09. The first kappa shape index (κ1) is 14.0. The van der Waals surface area contributed by atoms with Crippen molar-refractivity contribution in [2.75, 3.05) is 0 Å². The van der Waals surface area contributed by atoms with Gasteiger partial charge in [-0.3, -0.25) is 4.79 Å². The first-order valence-electron chi connectivity index (χ1n) is 5.60. The van der Waals surface area contributed by atoms with Crippen LogP contribution in [-0.4, -0.2) is 20.7 Å². The van der Waals surface area contributed by atoms with E-state index in [0.717, 1.165) is 10.9 Å². The molecule has 1 amide bonds. The predicted molar refractivity (Wildman–Crippen MR) is 64.4 cm³/mol. The number of aryl methyl sites for hydroxylation is 2. The molecular weight excluding hydrogens is 273 g/mol. The van der Waals surface area contributed by atoms with E-state index in [9.17, 15) is 18.0 Å². The Bertz CT molecular complexity index is 653. The maximum atomic E-state index is 12.5. The fourth-order valence-electron chi connectivity index (χ4n) is 1.90. The molecule has 0 radical (unpaired) electrons. The summed E-state index contributed by atoms with van der Waals surface area (Å²) in [5, 5.41) is 3.63. The summed E-state index contributed by atoms with van der Waals surface area (Å²) >= 11 is 0. The minimum Gasteiger partial charge on any atom is -0.366 e. The second kappa shape index (κ2) is 4.62. The van der Waals surface area contributed by atoms with Crippen LogP contribution in [0.3, 0.4) is 0 Å². The predicted octanol–water partition coefficient (Wildman–Crippen LogP) is 2.00. The topological polar surface area (TPSA) is 73.8 Å². The molecule has 0 aliphatic heterocycles. The van der Waals surface area contributed by atoms with E-state index in [-0.39, 0.29) is 11.4 Å². The van der Waals surface area contributed by atoms with Crippen molar-refractivity contribution in [2.24, 2.45) is 5.73 Å². The Balaban J connectivity index is 2.49. The zero-order chi connectivity index (χ0) is 15.1. The highest BCUT2D eigenvalue weighted by molar-refractivity contribution is 5.95. The number of alkyl halides is 3. The number of amides is 1. The van der Waals surface area contributed by atoms with Crippen LogP contribution in [-0.2, 0) is 6.18 Å². The standard InChI is InChI=1S/C12H11F3N4O/c1-6-3-9(18-7(2)10(6)11(16)20)19-5-8(4-17-19)12(13,14)15/h3-5H,1-2H3,(H2,16,20). The van der Waals surface area contributed by atoms with E-state index < -0.39 is 17.6 Å². The summed E-state index contributed by atoms with van der Waals surface area (Å²) in [6.45, 7) is 3.19. The maximum absolute atomic E-state index is 12.5. The maximum Gasteiger partial charge on any atom is 0.419 e. The van der Waals surface area contributed by atoms with Crippen LogP contribution in [0.15, 0.2) is 18.5 Å². The fraction of sp³-hybridized carbons (Fsp3) is 0.250. The van der Waals surface area contributed by atoms with Crippen molar-refractivity contribution in [2.45, 2.75) is 20.0 Å². The van der Waals surface area contributed by atoms with Crippen LogP contribution in [0.25, 0.3) is 5.82 Å². The molecule has 0 bridgehead atoms. The molecule has 2 aromatic heterocycles. The van der Waals surface area contributed by atoms with Crippen molar-refractivity contribution in [3.8, 4) is 5.82 Å². The molecule has 2 heterocycles. The number of hydrogen-bond donors (Lipinski definition) is 1. The first-order valence-corrected chi connectivity index (χ1v) is 5.60. The minimum atomic E-state index is -4.46. The van der Waals surface area contributed by atoms with Gasteiger partial charge in [0, 0.05) is 6.20 Å². The summed E-state index contributed by atoms with van der Waals surface area (Å²) in [6, 6.07) is 1.46. The smallest absolute Gasteiger partial charge is 0.366 e. The molecule has 0 atom stereocenters. The van der Waals surface area contributed by atoms with Gasteiger partial charge in [-0.1, -0.05) is 0 Å². The molecule has 20 heavy (non-hydrogen) atoms. The molecule has 0 saturated carbocycles. The van der Waals surface area contributed by atoms with Crippen LogP contribution in [0.4, 0.5) is 13.2 Å². The van der Waals surface area contributed by atoms with Gasteiger partial charge in [0.05, 0.1) is 23.0 Å². The van der Waals surface area contributed by atoms with Gasteiger partial charge in [-0.2, -0.15) is 18.3 Å². The molecular formula is C12H11F3N4O. The highest BCUT2D eigenvalue weighted by Crippen LogP contribution is 2.29. The van der Waals surface area contributed by atoms with Gasteiger partial charge in [-0.25, -0.2) is 9.67 Å². The van der Waals surface area contributed by atoms with Crippen LogP contribution in [0.2, 0.25) is 0 Å². The quantitative estimate of drug-likeness (QED) is 0.916. The van der Waals surface area contributed by atoms with Gasteiger partial charge in [-0.05, 0) is 25.5 Å². The number of primary amides is 1. The van der Waals surface area contributed by atoms with Crippen LogP contribution >= 0.6 is 0 Å². The van der Waals surface area contributed by atoms with Gasteiger partial charge in [-0.15, -0.1) is 0 Å². The summed E-state index contributed by atoms with van der Waals surface area (Å²) in [6.07, 6.45) is -2.91. The summed E-state index contributed by atoms with van der Waals surface area (Å²) in [4.78, 5) is 15.3. The van der Waals surface area contributed by atoms with Crippen molar-refractivity contribution in [1.29, 1.82) is 0 Å². The normalized spacial score (nSPS) is 11.7. The van der Waals surface area contributed by atoms with Crippen molar-refractivity contribution in [3.05, 3.63) is 40.8 Å². The lowest BCUT2D eigenvalue weighted by molar-refractivity contribution is -0.137. The summed E-state index contributed by atoms with van der Waals surface area (Å²) < 4.78 is 38.5. The molecule has 0 aliphatic rings. The molecule has 2 N–H and O–H groups in total. The third-order valence-corrected chi connectivity index (χ3v) is 2.78. The Kier molecular flexibility index (Phi) is 3.24. The Hall–Kier alpha value is -2.38. The third-order valence-electron chi connectivity index (χ3n) is 2.78. The first-order chi connectivity index (χ1) is 9.20. The number of pyridine rings is 1. The van der Waals surface area contributed by atoms with E-state index in [1.807, 2.05) is 0 Å². The highest BCUT2D eigenvalue weighted by Gasteiger charge is 2.32. The minimum absolute atomic E-state index is 0.195. The van der Waals surface area contributed by atoms with Crippen LogP contribution < -0.4 is 5.73 Å². The third kappa shape index (κ3) is 2.49. The Morgan fingerprint density at radius 1 is 1.35 bits per heavy atom. The molecule has 0 spiro atoms. The highest BCUT2D eigenvalue weighted by atomic mass is 19.4. The SMILES string of the molecule is Cc1cc(-n2cc(C(F)(F)F)cn2)nc(C)c1C(N)=O. The zero-order valence-electron chi connectivity index (χ0n) is 10.7. The second-order valence-corrected chi connectivity index (χ2v) is 4.29. The molecule has 0 aromatic carbocycles. The molecule has 0 fully saturated rings. The number of nitrogens with zero attached hydrogens (tertiary/aromatic N) is 3. The summed E-state index contributed by atoms with van der Waals surface area (Å²) in [5.41, 5.74) is 5.48. The van der Waals surface area contributed by atoms with Gasteiger partial charge < -0.3 is 5.73 Å². The number of carbonyl (C=O) groups is 1. The Morgan fingerprint density at radius 3 is 2.45 bits per heavy atom. The molecule has 0 aliphatic carbocycles. The zero-order valence-corrected chi connectivity index (χ0v) is 10.7. The molecule has 8 heteroatoms. The van der Waals surface area contributed by atoms with E-state index in [2.05, 4.69) is 10.1 Å². The van der Waals surface area contributed by atoms with Crippen molar-refractivity contribution in [3.63, 3.8) is 0 Å². The number of hydrogen-bond acceptors (Lipinski definition) is 3. The van der Waals surface area contributed by atoms with Gasteiger partial charge in [0.25, 0.3) is 5.91 Å². The van der Waals surface area contributed by atoms with Crippen molar-refractivity contribution >= 4 is 5.91 Å². The lowest BCUT2D eigenvalue weighted by Crippen LogP contribution is -2.16. The summed E-state index contributed by atoms with van der Waals surface area (Å²) in [7, 11) is 0. The Labute approximate surface area is 112 Å². The van der Waals surface area contributed by atoms with E-state index in [1.54, 1.807) is 13.8 Å². The monoisotopic (exact) mass is 284 g/mol. The average Bonchev–Trinajstić information content (AvgIpc) is 2.75. The number of aromatic nitrogens is 3. The van der Waals surface area contributed by atoms with E-state index in [1.165, 1.54) is 6.07 Å². The number of halogens is 3. The lowest BCUT2D eigenvalue weighted by atomic mass is 10.1. The van der Waals surface area contributed by atoms with Gasteiger partial charge >= 0.3 is 6.18 Å². The van der Waals surface area contributed by atoms with Gasteiger partial charge in [0.2, 0.25) is 0 Å². The fourth-order valence-corrected chi connectivity index (χ4v) is 1.90. The number of carbonyl (C=O) groups excluding carboxylic acids is 1. The number of nitrogens with two attached hydrogens (primary N) is 1. The average molecular weight is 284 g/mol. The molecule has 5 nitrogen and oxygen atoms in total. The molecule has 0 saturated heterocycles. The van der Waals surface area contributed by atoms with E-state index in [0.29, 0.717) is 17.5 Å². The number of rotatable bonds is 2. The van der Waals surface area contributed by atoms with Crippen molar-refractivity contribution < 1.29 is 18.0 Å².